The van der Waals surface area contributed by atoms with Crippen molar-refractivity contribution in [2.24, 2.45) is 7.05 Å². The van der Waals surface area contributed by atoms with Crippen LogP contribution in [0.5, 0.6) is 0 Å². The van der Waals surface area contributed by atoms with Gasteiger partial charge in [-0.05, 0) is 30.9 Å². The number of aromatic nitrogens is 3. The molecule has 1 aliphatic rings. The zero-order chi connectivity index (χ0) is 14.1. The minimum Gasteiger partial charge on any atom is -0.307 e. The van der Waals surface area contributed by atoms with Gasteiger partial charge >= 0.3 is 0 Å². The van der Waals surface area contributed by atoms with Crippen LogP contribution in [0.2, 0.25) is 5.02 Å². The third kappa shape index (κ3) is 2.79. The van der Waals surface area contributed by atoms with Gasteiger partial charge in [-0.25, -0.2) is 0 Å². The third-order valence-electron chi connectivity index (χ3n) is 3.53. The molecule has 0 bridgehead atoms. The van der Waals surface area contributed by atoms with Crippen molar-refractivity contribution in [1.82, 2.24) is 14.8 Å². The van der Waals surface area contributed by atoms with Crippen molar-refractivity contribution >= 4 is 22.4 Å². The lowest BCUT2D eigenvalue weighted by Gasteiger charge is -2.05. The zero-order valence-electron chi connectivity index (χ0n) is 11.3. The normalized spacial score (nSPS) is 16.3. The van der Waals surface area contributed by atoms with Crippen LogP contribution in [0.3, 0.4) is 0 Å². The van der Waals surface area contributed by atoms with Gasteiger partial charge in [0.15, 0.2) is 0 Å². The Hall–Kier alpha value is -1.20. The summed E-state index contributed by atoms with van der Waals surface area (Å²) in [5, 5.41) is 9.55. The van der Waals surface area contributed by atoms with Gasteiger partial charge in [-0.15, -0.1) is 10.2 Å². The van der Waals surface area contributed by atoms with Gasteiger partial charge in [0.25, 0.3) is 0 Å². The van der Waals surface area contributed by atoms with E-state index in [1.54, 1.807) is 0 Å². The molecule has 0 N–H and O–H groups in total. The molecule has 1 aromatic carbocycles. The molecule has 2 aromatic rings. The molecule has 1 aliphatic carbocycles. The van der Waals surface area contributed by atoms with E-state index >= 15 is 0 Å². The highest BCUT2D eigenvalue weighted by Gasteiger charge is 2.30. The maximum Gasteiger partial charge on any atom is 0.221 e. The summed E-state index contributed by atoms with van der Waals surface area (Å²) in [6.07, 6.45) is 3.01. The molecule has 1 aromatic heterocycles. The number of aryl methyl sites for hydroxylation is 1. The van der Waals surface area contributed by atoms with E-state index in [9.17, 15) is 4.21 Å². The third-order valence-corrected chi connectivity index (χ3v) is 5.24. The minimum absolute atomic E-state index is 0.514. The average Bonchev–Trinajstić information content (AvgIpc) is 3.21. The average molecular weight is 310 g/mol. The number of halogens is 1. The smallest absolute Gasteiger partial charge is 0.221 e. The Kier molecular flexibility index (Phi) is 3.89. The van der Waals surface area contributed by atoms with E-state index < -0.39 is 10.8 Å². The summed E-state index contributed by atoms with van der Waals surface area (Å²) < 4.78 is 14.2. The van der Waals surface area contributed by atoms with Crippen LogP contribution >= 0.6 is 11.6 Å². The largest absolute Gasteiger partial charge is 0.307 e. The number of benzene rings is 1. The van der Waals surface area contributed by atoms with Gasteiger partial charge < -0.3 is 4.57 Å². The molecular weight excluding hydrogens is 294 g/mol. The minimum atomic E-state index is -1.14. The first kappa shape index (κ1) is 13.8. The SMILES string of the molecule is Cn1c(C2CC2)nnc1[S@@](=O)CCc1ccccc1Cl. The topological polar surface area (TPSA) is 47.8 Å². The second-order valence-corrected chi connectivity index (χ2v) is 6.94. The Bertz CT molecular complexity index is 652. The summed E-state index contributed by atoms with van der Waals surface area (Å²) in [5.74, 6) is 1.99. The summed E-state index contributed by atoms with van der Waals surface area (Å²) in [6, 6.07) is 7.66. The van der Waals surface area contributed by atoms with E-state index in [0.717, 1.165) is 29.3 Å². The van der Waals surface area contributed by atoms with Crippen LogP contribution in [0.15, 0.2) is 29.4 Å². The molecule has 0 unspecified atom stereocenters. The van der Waals surface area contributed by atoms with Gasteiger partial charge in [0, 0.05) is 23.7 Å². The fourth-order valence-corrected chi connectivity index (χ4v) is 3.57. The van der Waals surface area contributed by atoms with Gasteiger partial charge in [-0.2, -0.15) is 0 Å². The number of hydrogen-bond acceptors (Lipinski definition) is 3. The molecule has 6 heteroatoms. The van der Waals surface area contributed by atoms with Gasteiger partial charge in [-0.3, -0.25) is 4.21 Å². The highest BCUT2D eigenvalue weighted by Crippen LogP contribution is 2.39. The molecule has 1 atom stereocenters. The van der Waals surface area contributed by atoms with E-state index in [1.807, 2.05) is 35.9 Å². The molecule has 4 nitrogen and oxygen atoms in total. The summed E-state index contributed by atoms with van der Waals surface area (Å²) in [7, 11) is 0.758. The van der Waals surface area contributed by atoms with Crippen LogP contribution in [0, 0.1) is 0 Å². The number of hydrogen-bond donors (Lipinski definition) is 0. The lowest BCUT2D eigenvalue weighted by Crippen LogP contribution is -2.08. The van der Waals surface area contributed by atoms with Crippen molar-refractivity contribution in [1.29, 1.82) is 0 Å². The standard InChI is InChI=1S/C14H16ClN3OS/c1-18-13(11-6-7-11)16-17-14(18)20(19)9-8-10-4-2-3-5-12(10)15/h2-5,11H,6-9H2,1H3/t20-/m0/s1. The second kappa shape index (κ2) is 5.66. The summed E-state index contributed by atoms with van der Waals surface area (Å²) in [6.45, 7) is 0. The molecular formula is C14H16ClN3OS. The van der Waals surface area contributed by atoms with E-state index in [2.05, 4.69) is 10.2 Å². The molecule has 0 spiro atoms. The molecule has 1 heterocycles. The van der Waals surface area contributed by atoms with Crippen LogP contribution in [-0.2, 0) is 24.3 Å². The van der Waals surface area contributed by atoms with Crippen molar-refractivity contribution in [3.05, 3.63) is 40.7 Å². The monoisotopic (exact) mass is 309 g/mol. The van der Waals surface area contributed by atoms with Gasteiger partial charge in [-0.1, -0.05) is 29.8 Å². The Morgan fingerprint density at radius 3 is 2.80 bits per heavy atom. The van der Waals surface area contributed by atoms with Crippen LogP contribution in [0.1, 0.15) is 30.1 Å². The van der Waals surface area contributed by atoms with Crippen molar-refractivity contribution in [3.63, 3.8) is 0 Å². The fraction of sp³-hybridized carbons (Fsp3) is 0.429. The Morgan fingerprint density at radius 2 is 2.10 bits per heavy atom. The lowest BCUT2D eigenvalue weighted by atomic mass is 10.2. The molecule has 1 fully saturated rings. The highest BCUT2D eigenvalue weighted by molar-refractivity contribution is 7.84. The van der Waals surface area contributed by atoms with E-state index in [-0.39, 0.29) is 0 Å². The van der Waals surface area contributed by atoms with Crippen molar-refractivity contribution in [2.45, 2.75) is 30.3 Å². The molecule has 0 radical (unpaired) electrons. The molecule has 106 valence electrons. The first-order chi connectivity index (χ1) is 9.66. The lowest BCUT2D eigenvalue weighted by molar-refractivity contribution is 0.658. The second-order valence-electron chi connectivity index (χ2n) is 5.07. The Morgan fingerprint density at radius 1 is 1.35 bits per heavy atom. The predicted molar refractivity (Wildman–Crippen MR) is 79.4 cm³/mol. The Labute approximate surface area is 125 Å². The molecule has 0 aliphatic heterocycles. The summed E-state index contributed by atoms with van der Waals surface area (Å²) in [5.41, 5.74) is 1.02. The van der Waals surface area contributed by atoms with E-state index in [0.29, 0.717) is 23.2 Å². The van der Waals surface area contributed by atoms with Crippen LogP contribution in [0.25, 0.3) is 0 Å². The predicted octanol–water partition coefficient (Wildman–Crippen LogP) is 2.70. The zero-order valence-corrected chi connectivity index (χ0v) is 12.8. The van der Waals surface area contributed by atoms with Gasteiger partial charge in [0.2, 0.25) is 5.16 Å². The molecule has 20 heavy (non-hydrogen) atoms. The highest BCUT2D eigenvalue weighted by atomic mass is 35.5. The van der Waals surface area contributed by atoms with Crippen LogP contribution < -0.4 is 0 Å². The van der Waals surface area contributed by atoms with Crippen molar-refractivity contribution in [3.8, 4) is 0 Å². The van der Waals surface area contributed by atoms with Crippen LogP contribution in [-0.4, -0.2) is 24.7 Å². The first-order valence-corrected chi connectivity index (χ1v) is 8.37. The molecule has 1 saturated carbocycles. The van der Waals surface area contributed by atoms with E-state index in [1.165, 1.54) is 0 Å². The Balaban J connectivity index is 1.69. The van der Waals surface area contributed by atoms with Crippen molar-refractivity contribution in [2.75, 3.05) is 5.75 Å². The quantitative estimate of drug-likeness (QED) is 0.853. The maximum atomic E-state index is 12.4. The van der Waals surface area contributed by atoms with Crippen LogP contribution in [0.4, 0.5) is 0 Å². The first-order valence-electron chi connectivity index (χ1n) is 6.68. The number of nitrogens with zero attached hydrogens (tertiary/aromatic N) is 3. The van der Waals surface area contributed by atoms with Crippen molar-refractivity contribution < 1.29 is 4.21 Å². The molecule has 0 saturated heterocycles. The molecule has 0 amide bonds. The van der Waals surface area contributed by atoms with E-state index in [4.69, 9.17) is 11.6 Å². The van der Waals surface area contributed by atoms with Gasteiger partial charge in [0.1, 0.15) is 5.82 Å². The fourth-order valence-electron chi connectivity index (χ4n) is 2.22. The summed E-state index contributed by atoms with van der Waals surface area (Å²) in [4.78, 5) is 0. The maximum absolute atomic E-state index is 12.4. The van der Waals surface area contributed by atoms with Gasteiger partial charge in [0.05, 0.1) is 10.8 Å². The number of rotatable bonds is 5. The summed E-state index contributed by atoms with van der Waals surface area (Å²) >= 11 is 6.11. The molecule has 3 rings (SSSR count).